The summed E-state index contributed by atoms with van der Waals surface area (Å²) in [4.78, 5) is 11.5. The minimum Gasteiger partial charge on any atom is -0.354 e. The highest BCUT2D eigenvalue weighted by Gasteiger charge is 2.11. The number of hydrogen-bond donors (Lipinski definition) is 2. The van der Waals surface area contributed by atoms with E-state index in [1.54, 1.807) is 0 Å². The molecule has 2 N–H and O–H groups in total. The first kappa shape index (κ1) is 15.2. The average molecular weight is 226 g/mol. The first-order valence-corrected chi connectivity index (χ1v) is 6.12. The third kappa shape index (κ3) is 8.48. The Morgan fingerprint density at radius 1 is 1.25 bits per heavy atom. The van der Waals surface area contributed by atoms with Gasteiger partial charge in [-0.1, -0.05) is 6.08 Å². The Balaban J connectivity index is 3.75. The molecule has 0 aliphatic carbocycles. The first-order chi connectivity index (χ1) is 7.45. The van der Waals surface area contributed by atoms with Gasteiger partial charge in [0.1, 0.15) is 0 Å². The van der Waals surface area contributed by atoms with Crippen molar-refractivity contribution in [1.82, 2.24) is 10.6 Å². The van der Waals surface area contributed by atoms with Gasteiger partial charge in [-0.3, -0.25) is 4.79 Å². The van der Waals surface area contributed by atoms with Gasteiger partial charge < -0.3 is 10.6 Å². The van der Waals surface area contributed by atoms with Crippen LogP contribution in [-0.2, 0) is 4.79 Å². The molecule has 3 nitrogen and oxygen atoms in total. The molecule has 0 aliphatic rings. The Labute approximate surface area is 99.7 Å². The van der Waals surface area contributed by atoms with E-state index in [4.69, 9.17) is 0 Å². The topological polar surface area (TPSA) is 41.1 Å². The van der Waals surface area contributed by atoms with Gasteiger partial charge in [-0.15, -0.1) is 6.58 Å². The SMILES string of the molecule is C=CCCC(C)NC(C)CC(=O)NC(C)C. The summed E-state index contributed by atoms with van der Waals surface area (Å²) in [6, 6.07) is 0.872. The van der Waals surface area contributed by atoms with Crippen LogP contribution in [0.1, 0.15) is 47.0 Å². The van der Waals surface area contributed by atoms with Crippen LogP contribution in [0.25, 0.3) is 0 Å². The van der Waals surface area contributed by atoms with Gasteiger partial charge in [-0.05, 0) is 40.5 Å². The molecule has 0 rings (SSSR count). The summed E-state index contributed by atoms with van der Waals surface area (Å²) in [5, 5.41) is 6.31. The molecule has 0 aliphatic heterocycles. The van der Waals surface area contributed by atoms with Crippen molar-refractivity contribution < 1.29 is 4.79 Å². The van der Waals surface area contributed by atoms with Gasteiger partial charge in [-0.25, -0.2) is 0 Å². The lowest BCUT2D eigenvalue weighted by Gasteiger charge is -2.19. The smallest absolute Gasteiger partial charge is 0.221 e. The summed E-state index contributed by atoms with van der Waals surface area (Å²) in [6.07, 6.45) is 4.55. The molecular weight excluding hydrogens is 200 g/mol. The highest BCUT2D eigenvalue weighted by molar-refractivity contribution is 5.76. The molecule has 94 valence electrons. The van der Waals surface area contributed by atoms with Crippen LogP contribution in [0.4, 0.5) is 0 Å². The van der Waals surface area contributed by atoms with Crippen molar-refractivity contribution >= 4 is 5.91 Å². The van der Waals surface area contributed by atoms with Crippen molar-refractivity contribution in [3.63, 3.8) is 0 Å². The van der Waals surface area contributed by atoms with E-state index in [0.29, 0.717) is 12.5 Å². The van der Waals surface area contributed by atoms with Crippen LogP contribution in [0.5, 0.6) is 0 Å². The summed E-state index contributed by atoms with van der Waals surface area (Å²) < 4.78 is 0. The summed E-state index contributed by atoms with van der Waals surface area (Å²) in [7, 11) is 0. The summed E-state index contributed by atoms with van der Waals surface area (Å²) in [5.41, 5.74) is 0. The van der Waals surface area contributed by atoms with Crippen molar-refractivity contribution in [2.75, 3.05) is 0 Å². The van der Waals surface area contributed by atoms with Crippen molar-refractivity contribution in [1.29, 1.82) is 0 Å². The quantitative estimate of drug-likeness (QED) is 0.623. The molecule has 0 aromatic heterocycles. The van der Waals surface area contributed by atoms with Crippen LogP contribution in [0.15, 0.2) is 12.7 Å². The maximum absolute atomic E-state index is 11.5. The summed E-state index contributed by atoms with van der Waals surface area (Å²) in [5.74, 6) is 0.117. The third-order valence-corrected chi connectivity index (χ3v) is 2.31. The second-order valence-electron chi connectivity index (χ2n) is 4.76. The molecule has 2 unspecified atom stereocenters. The van der Waals surface area contributed by atoms with Crippen LogP contribution in [0.3, 0.4) is 0 Å². The second-order valence-corrected chi connectivity index (χ2v) is 4.76. The number of amides is 1. The van der Waals surface area contributed by atoms with E-state index < -0.39 is 0 Å². The van der Waals surface area contributed by atoms with E-state index in [1.807, 2.05) is 26.8 Å². The molecule has 16 heavy (non-hydrogen) atoms. The van der Waals surface area contributed by atoms with E-state index in [2.05, 4.69) is 24.1 Å². The lowest BCUT2D eigenvalue weighted by Crippen LogP contribution is -2.40. The minimum absolute atomic E-state index is 0.117. The van der Waals surface area contributed by atoms with E-state index in [1.165, 1.54) is 0 Å². The fourth-order valence-electron chi connectivity index (χ4n) is 1.65. The second kappa shape index (κ2) is 8.34. The maximum Gasteiger partial charge on any atom is 0.221 e. The molecule has 0 aromatic carbocycles. The largest absolute Gasteiger partial charge is 0.354 e. The molecule has 1 amide bonds. The molecule has 0 heterocycles. The fourth-order valence-corrected chi connectivity index (χ4v) is 1.65. The Morgan fingerprint density at radius 2 is 1.88 bits per heavy atom. The molecule has 0 saturated heterocycles. The Bertz CT molecular complexity index is 214. The number of rotatable bonds is 8. The summed E-state index contributed by atoms with van der Waals surface area (Å²) >= 11 is 0. The monoisotopic (exact) mass is 226 g/mol. The molecular formula is C13H26N2O. The van der Waals surface area contributed by atoms with Gasteiger partial charge in [0.25, 0.3) is 0 Å². The van der Waals surface area contributed by atoms with Gasteiger partial charge in [0.2, 0.25) is 5.91 Å². The molecule has 0 fully saturated rings. The number of carbonyl (C=O) groups is 1. The molecule has 2 atom stereocenters. The van der Waals surface area contributed by atoms with Crippen LogP contribution < -0.4 is 10.6 Å². The molecule has 0 radical (unpaired) electrons. The predicted octanol–water partition coefficient (Wildman–Crippen LogP) is 2.23. The zero-order valence-corrected chi connectivity index (χ0v) is 11.0. The Hall–Kier alpha value is -0.830. The van der Waals surface area contributed by atoms with E-state index in [0.717, 1.165) is 12.8 Å². The van der Waals surface area contributed by atoms with Gasteiger partial charge in [0.05, 0.1) is 0 Å². The highest BCUT2D eigenvalue weighted by Crippen LogP contribution is 2.00. The fraction of sp³-hybridized carbons (Fsp3) is 0.769. The number of nitrogens with one attached hydrogen (secondary N) is 2. The predicted molar refractivity (Wildman–Crippen MR) is 69.4 cm³/mol. The van der Waals surface area contributed by atoms with Crippen LogP contribution in [0, 0.1) is 0 Å². The van der Waals surface area contributed by atoms with E-state index in [-0.39, 0.29) is 18.0 Å². The van der Waals surface area contributed by atoms with Crippen molar-refractivity contribution in [2.24, 2.45) is 0 Å². The average Bonchev–Trinajstić information content (AvgIpc) is 2.12. The summed E-state index contributed by atoms with van der Waals surface area (Å²) in [6.45, 7) is 11.8. The molecule has 3 heteroatoms. The normalized spacial score (nSPS) is 14.6. The third-order valence-electron chi connectivity index (χ3n) is 2.31. The van der Waals surface area contributed by atoms with Gasteiger partial charge in [0.15, 0.2) is 0 Å². The van der Waals surface area contributed by atoms with Gasteiger partial charge >= 0.3 is 0 Å². The highest BCUT2D eigenvalue weighted by atomic mass is 16.1. The number of hydrogen-bond acceptors (Lipinski definition) is 2. The van der Waals surface area contributed by atoms with Crippen molar-refractivity contribution in [2.45, 2.75) is 65.1 Å². The van der Waals surface area contributed by atoms with Crippen molar-refractivity contribution in [3.05, 3.63) is 12.7 Å². The molecule has 0 aromatic rings. The standard InChI is InChI=1S/C13H26N2O/c1-6-7-8-11(4)15-12(5)9-13(16)14-10(2)3/h6,10-12,15H,1,7-9H2,2-5H3,(H,14,16). The maximum atomic E-state index is 11.5. The van der Waals surface area contributed by atoms with Crippen LogP contribution in [-0.4, -0.2) is 24.0 Å². The molecule has 0 spiro atoms. The van der Waals surface area contributed by atoms with Gasteiger partial charge in [0, 0.05) is 24.5 Å². The van der Waals surface area contributed by atoms with E-state index >= 15 is 0 Å². The number of carbonyl (C=O) groups excluding carboxylic acids is 1. The van der Waals surface area contributed by atoms with E-state index in [9.17, 15) is 4.79 Å². The Kier molecular flexibility index (Phi) is 7.90. The first-order valence-electron chi connectivity index (χ1n) is 6.12. The number of allylic oxidation sites excluding steroid dienone is 1. The van der Waals surface area contributed by atoms with Crippen LogP contribution in [0.2, 0.25) is 0 Å². The van der Waals surface area contributed by atoms with Crippen molar-refractivity contribution in [3.8, 4) is 0 Å². The lowest BCUT2D eigenvalue weighted by molar-refractivity contribution is -0.122. The molecule has 0 saturated carbocycles. The van der Waals surface area contributed by atoms with Gasteiger partial charge in [-0.2, -0.15) is 0 Å². The zero-order valence-electron chi connectivity index (χ0n) is 11.0. The zero-order chi connectivity index (χ0) is 12.6. The minimum atomic E-state index is 0.117. The molecule has 0 bridgehead atoms. The lowest BCUT2D eigenvalue weighted by atomic mass is 10.1. The van der Waals surface area contributed by atoms with Crippen LogP contribution >= 0.6 is 0 Å². The Morgan fingerprint density at radius 3 is 2.38 bits per heavy atom.